The molecule has 2 fully saturated rings. The molecule has 7 heteroatoms. The van der Waals surface area contributed by atoms with E-state index in [0.717, 1.165) is 38.9 Å². The van der Waals surface area contributed by atoms with Crippen molar-refractivity contribution < 1.29 is 18.4 Å². The van der Waals surface area contributed by atoms with E-state index in [-0.39, 0.29) is 23.4 Å². The van der Waals surface area contributed by atoms with E-state index in [9.17, 15) is 14.0 Å². The molecule has 28 heavy (non-hydrogen) atoms. The van der Waals surface area contributed by atoms with Gasteiger partial charge in [0.25, 0.3) is 5.91 Å². The topological polar surface area (TPSA) is 57.0 Å². The number of hydrogen-bond acceptors (Lipinski definition) is 4. The van der Waals surface area contributed by atoms with Gasteiger partial charge in [0.05, 0.1) is 6.54 Å². The standard InChI is InChI=1S/C21H26FN3O3/c1-15-17-13-16(22)5-6-18(17)28-20(15)21(27)25-10-4-7-23(11-12-25)14-19(26)24-8-2-3-9-24/h5-6,13H,2-4,7-12,14H2,1H3. The van der Waals surface area contributed by atoms with E-state index in [4.69, 9.17) is 4.42 Å². The van der Waals surface area contributed by atoms with Crippen LogP contribution in [0.2, 0.25) is 0 Å². The maximum absolute atomic E-state index is 13.5. The Morgan fingerprint density at radius 2 is 1.75 bits per heavy atom. The summed E-state index contributed by atoms with van der Waals surface area (Å²) in [4.78, 5) is 31.3. The Labute approximate surface area is 163 Å². The molecule has 4 rings (SSSR count). The molecule has 150 valence electrons. The molecule has 1 aromatic heterocycles. The van der Waals surface area contributed by atoms with Crippen LogP contribution in [0.25, 0.3) is 11.0 Å². The molecule has 2 saturated heterocycles. The van der Waals surface area contributed by atoms with Gasteiger partial charge < -0.3 is 14.2 Å². The minimum atomic E-state index is -0.344. The van der Waals surface area contributed by atoms with Crippen molar-refractivity contribution in [1.82, 2.24) is 14.7 Å². The first-order valence-corrected chi connectivity index (χ1v) is 10.0. The van der Waals surface area contributed by atoms with E-state index in [0.29, 0.717) is 42.7 Å². The zero-order chi connectivity index (χ0) is 19.7. The van der Waals surface area contributed by atoms with Gasteiger partial charge in [-0.15, -0.1) is 0 Å². The fourth-order valence-electron chi connectivity index (χ4n) is 4.13. The average Bonchev–Trinajstić information content (AvgIpc) is 3.26. The maximum Gasteiger partial charge on any atom is 0.289 e. The zero-order valence-electron chi connectivity index (χ0n) is 16.2. The van der Waals surface area contributed by atoms with Crippen molar-refractivity contribution in [3.05, 3.63) is 35.3 Å². The summed E-state index contributed by atoms with van der Waals surface area (Å²) in [6.45, 7) is 6.58. The molecule has 0 saturated carbocycles. The Kier molecular flexibility index (Phi) is 5.35. The minimum absolute atomic E-state index is 0.165. The van der Waals surface area contributed by atoms with Crippen LogP contribution >= 0.6 is 0 Å². The van der Waals surface area contributed by atoms with E-state index in [2.05, 4.69) is 4.90 Å². The number of hydrogen-bond donors (Lipinski definition) is 0. The number of amides is 2. The Morgan fingerprint density at radius 1 is 1.00 bits per heavy atom. The highest BCUT2D eigenvalue weighted by Gasteiger charge is 2.27. The van der Waals surface area contributed by atoms with Crippen LogP contribution < -0.4 is 0 Å². The van der Waals surface area contributed by atoms with Crippen LogP contribution in [0, 0.1) is 12.7 Å². The van der Waals surface area contributed by atoms with Crippen molar-refractivity contribution in [1.29, 1.82) is 0 Å². The molecular weight excluding hydrogens is 361 g/mol. The van der Waals surface area contributed by atoms with Crippen LogP contribution in [0.15, 0.2) is 22.6 Å². The number of fused-ring (bicyclic) bond motifs is 1. The minimum Gasteiger partial charge on any atom is -0.451 e. The smallest absolute Gasteiger partial charge is 0.289 e. The number of carbonyl (C=O) groups is 2. The number of carbonyl (C=O) groups excluding carboxylic acids is 2. The SMILES string of the molecule is Cc1c(C(=O)N2CCCN(CC(=O)N3CCCC3)CC2)oc2ccc(F)cc12. The molecule has 2 aliphatic rings. The number of aryl methyl sites for hydroxylation is 1. The lowest BCUT2D eigenvalue weighted by atomic mass is 10.1. The van der Waals surface area contributed by atoms with Crippen LogP contribution in [0.5, 0.6) is 0 Å². The summed E-state index contributed by atoms with van der Waals surface area (Å²) in [6, 6.07) is 4.29. The fourth-order valence-corrected chi connectivity index (χ4v) is 4.13. The lowest BCUT2D eigenvalue weighted by Crippen LogP contribution is -2.41. The monoisotopic (exact) mass is 387 g/mol. The fraction of sp³-hybridized carbons (Fsp3) is 0.524. The normalized spacial score (nSPS) is 18.6. The quantitative estimate of drug-likeness (QED) is 0.813. The van der Waals surface area contributed by atoms with Gasteiger partial charge in [-0.3, -0.25) is 14.5 Å². The van der Waals surface area contributed by atoms with Crippen molar-refractivity contribution in [2.24, 2.45) is 0 Å². The number of halogens is 1. The van der Waals surface area contributed by atoms with Gasteiger partial charge in [-0.05, 0) is 44.4 Å². The Bertz CT molecular complexity index is 888. The van der Waals surface area contributed by atoms with Gasteiger partial charge in [0.2, 0.25) is 5.91 Å². The predicted molar refractivity (Wildman–Crippen MR) is 104 cm³/mol. The van der Waals surface area contributed by atoms with Gasteiger partial charge in [-0.25, -0.2) is 4.39 Å². The van der Waals surface area contributed by atoms with Gasteiger partial charge in [0.15, 0.2) is 5.76 Å². The van der Waals surface area contributed by atoms with Crippen molar-refractivity contribution in [3.63, 3.8) is 0 Å². The highest BCUT2D eigenvalue weighted by Crippen LogP contribution is 2.27. The molecule has 2 aliphatic heterocycles. The van der Waals surface area contributed by atoms with Crippen LogP contribution in [-0.4, -0.2) is 72.3 Å². The van der Waals surface area contributed by atoms with Crippen LogP contribution in [0.4, 0.5) is 4.39 Å². The van der Waals surface area contributed by atoms with Gasteiger partial charge in [-0.2, -0.15) is 0 Å². The third kappa shape index (κ3) is 3.76. The molecule has 0 aliphatic carbocycles. The lowest BCUT2D eigenvalue weighted by Gasteiger charge is -2.23. The average molecular weight is 387 g/mol. The molecule has 0 atom stereocenters. The van der Waals surface area contributed by atoms with Crippen molar-refractivity contribution in [2.75, 3.05) is 45.8 Å². The number of benzene rings is 1. The van der Waals surface area contributed by atoms with Crippen LogP contribution in [-0.2, 0) is 4.79 Å². The van der Waals surface area contributed by atoms with Crippen LogP contribution in [0.3, 0.4) is 0 Å². The van der Waals surface area contributed by atoms with Crippen molar-refractivity contribution >= 4 is 22.8 Å². The summed E-state index contributed by atoms with van der Waals surface area (Å²) in [7, 11) is 0. The summed E-state index contributed by atoms with van der Waals surface area (Å²) in [6.07, 6.45) is 3.00. The second kappa shape index (κ2) is 7.91. The van der Waals surface area contributed by atoms with Crippen molar-refractivity contribution in [3.8, 4) is 0 Å². The Balaban J connectivity index is 1.42. The van der Waals surface area contributed by atoms with E-state index < -0.39 is 0 Å². The lowest BCUT2D eigenvalue weighted by molar-refractivity contribution is -0.131. The second-order valence-electron chi connectivity index (χ2n) is 7.71. The summed E-state index contributed by atoms with van der Waals surface area (Å²) in [5.74, 6) is -0.0417. The molecule has 0 spiro atoms. The molecular formula is C21H26FN3O3. The van der Waals surface area contributed by atoms with Gasteiger partial charge in [0, 0.05) is 50.2 Å². The first kappa shape index (κ1) is 18.9. The Morgan fingerprint density at radius 3 is 2.54 bits per heavy atom. The molecule has 0 unspecified atom stereocenters. The van der Waals surface area contributed by atoms with E-state index in [1.165, 1.54) is 12.1 Å². The van der Waals surface area contributed by atoms with Gasteiger partial charge in [0.1, 0.15) is 11.4 Å². The van der Waals surface area contributed by atoms with Crippen LogP contribution in [0.1, 0.15) is 35.4 Å². The summed E-state index contributed by atoms with van der Waals surface area (Å²) < 4.78 is 19.3. The van der Waals surface area contributed by atoms with E-state index in [1.807, 2.05) is 4.90 Å². The molecule has 6 nitrogen and oxygen atoms in total. The van der Waals surface area contributed by atoms with Crippen molar-refractivity contribution in [2.45, 2.75) is 26.2 Å². The largest absolute Gasteiger partial charge is 0.451 e. The summed E-state index contributed by atoms with van der Waals surface area (Å²) in [5, 5.41) is 0.635. The molecule has 2 amide bonds. The van der Waals surface area contributed by atoms with E-state index in [1.54, 1.807) is 17.9 Å². The van der Waals surface area contributed by atoms with Gasteiger partial charge >= 0.3 is 0 Å². The number of likely N-dealkylation sites (tertiary alicyclic amines) is 1. The first-order valence-electron chi connectivity index (χ1n) is 10.0. The highest BCUT2D eigenvalue weighted by molar-refractivity contribution is 5.99. The molecule has 3 heterocycles. The molecule has 0 bridgehead atoms. The first-order chi connectivity index (χ1) is 13.5. The molecule has 2 aromatic rings. The molecule has 1 aromatic carbocycles. The second-order valence-corrected chi connectivity index (χ2v) is 7.71. The zero-order valence-corrected chi connectivity index (χ0v) is 16.2. The Hall–Kier alpha value is -2.41. The third-order valence-corrected chi connectivity index (χ3v) is 5.79. The number of nitrogens with zero attached hydrogens (tertiary/aromatic N) is 3. The highest BCUT2D eigenvalue weighted by atomic mass is 19.1. The summed E-state index contributed by atoms with van der Waals surface area (Å²) in [5.41, 5.74) is 1.19. The molecule has 0 radical (unpaired) electrons. The summed E-state index contributed by atoms with van der Waals surface area (Å²) >= 11 is 0. The molecule has 0 N–H and O–H groups in total. The third-order valence-electron chi connectivity index (χ3n) is 5.79. The van der Waals surface area contributed by atoms with Gasteiger partial charge in [-0.1, -0.05) is 0 Å². The number of rotatable bonds is 3. The maximum atomic E-state index is 13.5. The van der Waals surface area contributed by atoms with E-state index >= 15 is 0 Å². The predicted octanol–water partition coefficient (Wildman–Crippen LogP) is 2.65. The number of furan rings is 1.